The summed E-state index contributed by atoms with van der Waals surface area (Å²) in [5.41, 5.74) is 9.92. The predicted octanol–water partition coefficient (Wildman–Crippen LogP) is 5.43. The van der Waals surface area contributed by atoms with Gasteiger partial charge in [0.2, 0.25) is 0 Å². The summed E-state index contributed by atoms with van der Waals surface area (Å²) in [7, 11) is 0. The van der Waals surface area contributed by atoms with Crippen molar-refractivity contribution >= 4 is 17.8 Å². The fourth-order valence-electron chi connectivity index (χ4n) is 4.67. The quantitative estimate of drug-likeness (QED) is 0.0891. The first-order valence-electron chi connectivity index (χ1n) is 15.1. The number of amides is 2. The molecule has 3 aromatic carbocycles. The highest BCUT2D eigenvalue weighted by Crippen LogP contribution is 2.22. The van der Waals surface area contributed by atoms with E-state index in [1.165, 1.54) is 0 Å². The van der Waals surface area contributed by atoms with E-state index in [-0.39, 0.29) is 30.9 Å². The van der Waals surface area contributed by atoms with E-state index in [2.05, 4.69) is 17.6 Å². The van der Waals surface area contributed by atoms with Crippen LogP contribution < -0.4 is 16.4 Å². The fourth-order valence-corrected chi connectivity index (χ4v) is 4.67. The number of nitrogens with two attached hydrogens (primary N) is 1. The van der Waals surface area contributed by atoms with Crippen LogP contribution in [0.15, 0.2) is 72.8 Å². The van der Waals surface area contributed by atoms with E-state index in [1.54, 1.807) is 18.2 Å². The van der Waals surface area contributed by atoms with Crippen LogP contribution in [0.2, 0.25) is 0 Å². The molecule has 0 fully saturated rings. The second-order valence-electron chi connectivity index (χ2n) is 11.9. The molecule has 3 aromatic rings. The van der Waals surface area contributed by atoms with Crippen molar-refractivity contribution in [3.63, 3.8) is 0 Å². The fraction of sp³-hybridized carbons (Fsp3) is 0.400. The number of carbonyl (C=O) groups excluding carboxylic acids is 2. The SMILES string of the molecule is CCCCOCC(NC(=O)c1ccc(-c2cccc(CNC(=O)OC(C)(C)C)c2)cc1)C(CO)Cc1cccc(C(=N)N)c1. The van der Waals surface area contributed by atoms with Gasteiger partial charge in [0.15, 0.2) is 0 Å². The Morgan fingerprint density at radius 2 is 1.66 bits per heavy atom. The molecule has 0 bridgehead atoms. The molecule has 0 spiro atoms. The van der Waals surface area contributed by atoms with Crippen molar-refractivity contribution in [2.24, 2.45) is 11.7 Å². The summed E-state index contributed by atoms with van der Waals surface area (Å²) in [6.45, 7) is 8.57. The van der Waals surface area contributed by atoms with Crippen LogP contribution in [0.5, 0.6) is 0 Å². The summed E-state index contributed by atoms with van der Waals surface area (Å²) in [4.78, 5) is 25.4. The van der Waals surface area contributed by atoms with Gasteiger partial charge in [0, 0.05) is 36.8 Å². The molecular weight excluding hydrogens is 556 g/mol. The van der Waals surface area contributed by atoms with Crippen molar-refractivity contribution in [3.8, 4) is 11.1 Å². The standard InChI is InChI=1S/C35H46N4O5/c1-5-6-17-43-23-31(30(22-40)19-24-9-7-12-29(18-24)32(36)37)39-33(41)27-15-13-26(14-16-27)28-11-8-10-25(20-28)21-38-34(42)44-35(2,3)4/h7-16,18,20,30-31,40H,5-6,17,19,21-23H2,1-4H3,(H3,36,37)(H,38,42)(H,39,41). The third kappa shape index (κ3) is 11.1. The minimum absolute atomic E-state index is 0.0206. The Kier molecular flexibility index (Phi) is 12.9. The molecule has 6 N–H and O–H groups in total. The Morgan fingerprint density at radius 1 is 0.955 bits per heavy atom. The zero-order valence-electron chi connectivity index (χ0n) is 26.2. The summed E-state index contributed by atoms with van der Waals surface area (Å²) in [5.74, 6) is -0.584. The Labute approximate surface area is 260 Å². The number of alkyl carbamates (subject to hydrolysis) is 1. The van der Waals surface area contributed by atoms with Crippen LogP contribution in [0.25, 0.3) is 11.1 Å². The summed E-state index contributed by atoms with van der Waals surface area (Å²) in [6.07, 6.45) is 1.91. The van der Waals surface area contributed by atoms with Crippen molar-refractivity contribution in [2.75, 3.05) is 19.8 Å². The minimum atomic E-state index is -0.566. The van der Waals surface area contributed by atoms with Crippen LogP contribution in [0.4, 0.5) is 4.79 Å². The zero-order valence-corrected chi connectivity index (χ0v) is 26.2. The van der Waals surface area contributed by atoms with Gasteiger partial charge >= 0.3 is 6.09 Å². The number of nitrogens with one attached hydrogen (secondary N) is 3. The number of aliphatic hydroxyl groups excluding tert-OH is 1. The van der Waals surface area contributed by atoms with E-state index in [9.17, 15) is 14.7 Å². The third-order valence-electron chi connectivity index (χ3n) is 7.04. The largest absolute Gasteiger partial charge is 0.444 e. The summed E-state index contributed by atoms with van der Waals surface area (Å²) < 4.78 is 11.2. The Hall–Kier alpha value is -4.21. The van der Waals surface area contributed by atoms with Crippen molar-refractivity contribution in [3.05, 3.63) is 95.1 Å². The number of carbonyl (C=O) groups is 2. The van der Waals surface area contributed by atoms with Crippen LogP contribution in [0.3, 0.4) is 0 Å². The maximum atomic E-state index is 13.4. The molecule has 0 saturated heterocycles. The van der Waals surface area contributed by atoms with E-state index in [0.29, 0.717) is 30.7 Å². The van der Waals surface area contributed by atoms with Gasteiger partial charge in [0.25, 0.3) is 5.91 Å². The average Bonchev–Trinajstić information content (AvgIpc) is 3.00. The number of ether oxygens (including phenoxy) is 2. The van der Waals surface area contributed by atoms with Gasteiger partial charge in [-0.2, -0.15) is 0 Å². The number of hydrogen-bond acceptors (Lipinski definition) is 6. The number of unbranched alkanes of at least 4 members (excludes halogenated alkanes) is 1. The van der Waals surface area contributed by atoms with Crippen molar-refractivity contribution < 1.29 is 24.2 Å². The van der Waals surface area contributed by atoms with E-state index in [0.717, 1.165) is 35.1 Å². The number of benzene rings is 3. The topological polar surface area (TPSA) is 147 Å². The molecule has 236 valence electrons. The van der Waals surface area contributed by atoms with E-state index >= 15 is 0 Å². The van der Waals surface area contributed by atoms with Crippen LogP contribution in [0, 0.1) is 11.3 Å². The highest BCUT2D eigenvalue weighted by Gasteiger charge is 2.24. The first-order chi connectivity index (χ1) is 21.0. The molecule has 2 atom stereocenters. The van der Waals surface area contributed by atoms with Crippen molar-refractivity contribution in [2.45, 2.75) is 65.1 Å². The molecule has 0 aliphatic rings. The molecule has 44 heavy (non-hydrogen) atoms. The van der Waals surface area contributed by atoms with Crippen molar-refractivity contribution in [1.29, 1.82) is 5.41 Å². The first kappa shape index (κ1) is 34.3. The van der Waals surface area contributed by atoms with E-state index in [1.807, 2.05) is 75.4 Å². The van der Waals surface area contributed by atoms with Crippen LogP contribution in [-0.4, -0.2) is 54.4 Å². The van der Waals surface area contributed by atoms with Crippen molar-refractivity contribution in [1.82, 2.24) is 10.6 Å². The lowest BCUT2D eigenvalue weighted by molar-refractivity contribution is 0.0523. The van der Waals surface area contributed by atoms with Crippen LogP contribution in [0.1, 0.15) is 67.6 Å². The highest BCUT2D eigenvalue weighted by atomic mass is 16.6. The van der Waals surface area contributed by atoms with Gasteiger partial charge in [-0.15, -0.1) is 0 Å². The zero-order chi connectivity index (χ0) is 32.1. The molecule has 9 nitrogen and oxygen atoms in total. The normalized spacial score (nSPS) is 12.7. The Balaban J connectivity index is 1.70. The molecule has 0 heterocycles. The lowest BCUT2D eigenvalue weighted by Crippen LogP contribution is -2.45. The van der Waals surface area contributed by atoms with Gasteiger partial charge in [0.1, 0.15) is 11.4 Å². The molecular formula is C35H46N4O5. The summed E-state index contributed by atoms with van der Waals surface area (Å²) in [6, 6.07) is 22.1. The number of nitrogen functional groups attached to an aromatic ring is 1. The second kappa shape index (κ2) is 16.6. The molecule has 2 amide bonds. The summed E-state index contributed by atoms with van der Waals surface area (Å²) in [5, 5.41) is 23.9. The number of hydrogen-bond donors (Lipinski definition) is 5. The number of aliphatic hydroxyl groups is 1. The predicted molar refractivity (Wildman–Crippen MR) is 174 cm³/mol. The van der Waals surface area contributed by atoms with Gasteiger partial charge in [-0.3, -0.25) is 10.2 Å². The number of rotatable bonds is 15. The number of amidine groups is 1. The van der Waals surface area contributed by atoms with E-state index in [4.69, 9.17) is 20.6 Å². The second-order valence-corrected chi connectivity index (χ2v) is 11.9. The lowest BCUT2D eigenvalue weighted by atomic mass is 9.92. The first-order valence-corrected chi connectivity index (χ1v) is 15.1. The molecule has 0 radical (unpaired) electrons. The van der Waals surface area contributed by atoms with Gasteiger partial charge in [0.05, 0.1) is 12.6 Å². The third-order valence-corrected chi connectivity index (χ3v) is 7.04. The summed E-state index contributed by atoms with van der Waals surface area (Å²) >= 11 is 0. The van der Waals surface area contributed by atoms with Gasteiger partial charge in [-0.05, 0) is 80.1 Å². The van der Waals surface area contributed by atoms with Gasteiger partial charge < -0.3 is 30.9 Å². The molecule has 9 heteroatoms. The van der Waals surface area contributed by atoms with E-state index < -0.39 is 17.7 Å². The molecule has 0 aliphatic carbocycles. The highest BCUT2D eigenvalue weighted by molar-refractivity contribution is 5.95. The van der Waals surface area contributed by atoms with Crippen LogP contribution >= 0.6 is 0 Å². The monoisotopic (exact) mass is 602 g/mol. The smallest absolute Gasteiger partial charge is 0.407 e. The molecule has 2 unspecified atom stereocenters. The maximum absolute atomic E-state index is 13.4. The molecule has 0 saturated carbocycles. The van der Waals surface area contributed by atoms with Gasteiger partial charge in [-0.1, -0.05) is 61.9 Å². The lowest BCUT2D eigenvalue weighted by Gasteiger charge is -2.27. The Bertz CT molecular complexity index is 1380. The van der Waals surface area contributed by atoms with Crippen LogP contribution in [-0.2, 0) is 22.4 Å². The molecule has 3 rings (SSSR count). The molecule has 0 aliphatic heterocycles. The maximum Gasteiger partial charge on any atom is 0.407 e. The average molecular weight is 603 g/mol. The van der Waals surface area contributed by atoms with Gasteiger partial charge in [-0.25, -0.2) is 4.79 Å². The Morgan fingerprint density at radius 3 is 2.32 bits per heavy atom. The minimum Gasteiger partial charge on any atom is -0.444 e. The molecule has 0 aromatic heterocycles.